The van der Waals surface area contributed by atoms with Gasteiger partial charge in [-0.05, 0) is 29.2 Å². The van der Waals surface area contributed by atoms with Gasteiger partial charge in [-0.25, -0.2) is 0 Å². The Hall–Kier alpha value is -0.0500. The fraction of sp³-hybridized carbons (Fsp3) is 0.400. The lowest BCUT2D eigenvalue weighted by atomic mass is 10.0. The summed E-state index contributed by atoms with van der Waals surface area (Å²) < 4.78 is 1.12. The molecule has 74 valence electrons. The molecule has 1 aromatic carbocycles. The number of hydrogen-bond acceptors (Lipinski definition) is 1. The molecule has 0 fully saturated rings. The van der Waals surface area contributed by atoms with E-state index in [1.807, 2.05) is 0 Å². The lowest BCUT2D eigenvalue weighted by molar-refractivity contribution is 0.860. The first-order chi connectivity index (χ1) is 5.63. The summed E-state index contributed by atoms with van der Waals surface area (Å²) in [5.74, 6) is 0.563. The molecule has 2 N–H and O–H groups in total. The van der Waals surface area contributed by atoms with Crippen LogP contribution in [0.25, 0.3) is 0 Å². The van der Waals surface area contributed by atoms with Crippen molar-refractivity contribution in [3.63, 3.8) is 0 Å². The zero-order chi connectivity index (χ0) is 9.14. The molecule has 1 aromatic rings. The van der Waals surface area contributed by atoms with E-state index in [-0.39, 0.29) is 12.4 Å². The van der Waals surface area contributed by atoms with Gasteiger partial charge in [-0.3, -0.25) is 0 Å². The van der Waals surface area contributed by atoms with Crippen LogP contribution in [0, 0.1) is 0 Å². The molecule has 0 heterocycles. The smallest absolute Gasteiger partial charge is 0.0181 e. The number of hydrogen-bond donors (Lipinski definition) is 1. The van der Waals surface area contributed by atoms with Crippen molar-refractivity contribution in [2.24, 2.45) is 5.73 Å². The molecule has 0 saturated carbocycles. The third-order valence-corrected chi connectivity index (χ3v) is 2.34. The van der Waals surface area contributed by atoms with Gasteiger partial charge in [-0.1, -0.05) is 35.8 Å². The van der Waals surface area contributed by atoms with E-state index in [0.717, 1.165) is 4.47 Å². The topological polar surface area (TPSA) is 26.0 Å². The van der Waals surface area contributed by atoms with E-state index in [9.17, 15) is 0 Å². The number of halogens is 2. The van der Waals surface area contributed by atoms with Crippen LogP contribution in [0.3, 0.4) is 0 Å². The Kier molecular flexibility index (Phi) is 5.61. The first-order valence-corrected chi connectivity index (χ1v) is 4.92. The van der Waals surface area contributed by atoms with Crippen LogP contribution in [0.4, 0.5) is 0 Å². The summed E-state index contributed by atoms with van der Waals surface area (Å²) in [6, 6.07) is 6.37. The SMILES string of the molecule is CC(C)c1cc(Br)cc(CN)c1.Cl. The van der Waals surface area contributed by atoms with Crippen molar-refractivity contribution in [2.45, 2.75) is 26.3 Å². The van der Waals surface area contributed by atoms with Gasteiger partial charge < -0.3 is 5.73 Å². The quantitative estimate of drug-likeness (QED) is 0.870. The van der Waals surface area contributed by atoms with Crippen molar-refractivity contribution in [3.05, 3.63) is 33.8 Å². The molecule has 1 nitrogen and oxygen atoms in total. The monoisotopic (exact) mass is 263 g/mol. The zero-order valence-corrected chi connectivity index (χ0v) is 10.3. The Labute approximate surface area is 94.3 Å². The van der Waals surface area contributed by atoms with Crippen molar-refractivity contribution in [1.82, 2.24) is 0 Å². The minimum absolute atomic E-state index is 0. The molecule has 0 radical (unpaired) electrons. The van der Waals surface area contributed by atoms with Gasteiger partial charge in [0.2, 0.25) is 0 Å². The maximum atomic E-state index is 5.57. The van der Waals surface area contributed by atoms with E-state index < -0.39 is 0 Å². The second-order valence-corrected chi connectivity index (χ2v) is 4.17. The fourth-order valence-electron chi connectivity index (χ4n) is 1.13. The minimum atomic E-state index is 0. The average Bonchev–Trinajstić information content (AvgIpc) is 2.03. The lowest BCUT2D eigenvalue weighted by Crippen LogP contribution is -1.98. The largest absolute Gasteiger partial charge is 0.326 e. The Morgan fingerprint density at radius 3 is 2.38 bits per heavy atom. The summed E-state index contributed by atoms with van der Waals surface area (Å²) in [7, 11) is 0. The van der Waals surface area contributed by atoms with E-state index in [4.69, 9.17) is 5.73 Å². The van der Waals surface area contributed by atoms with Crippen LogP contribution in [-0.2, 0) is 6.54 Å². The van der Waals surface area contributed by atoms with Crippen LogP contribution in [0.1, 0.15) is 30.9 Å². The van der Waals surface area contributed by atoms with Gasteiger partial charge in [0.25, 0.3) is 0 Å². The molecule has 0 spiro atoms. The molecule has 0 atom stereocenters. The molecular formula is C10H15BrClN. The van der Waals surface area contributed by atoms with Crippen molar-refractivity contribution < 1.29 is 0 Å². The van der Waals surface area contributed by atoms with Crippen LogP contribution >= 0.6 is 28.3 Å². The van der Waals surface area contributed by atoms with Crippen molar-refractivity contribution in [1.29, 1.82) is 0 Å². The summed E-state index contributed by atoms with van der Waals surface area (Å²) in [6.45, 7) is 4.98. The first kappa shape index (κ1) is 12.9. The predicted octanol–water partition coefficient (Wildman–Crippen LogP) is 3.45. The summed E-state index contributed by atoms with van der Waals surface area (Å²) in [6.07, 6.45) is 0. The van der Waals surface area contributed by atoms with Crippen LogP contribution in [-0.4, -0.2) is 0 Å². The summed E-state index contributed by atoms with van der Waals surface area (Å²) in [5.41, 5.74) is 8.09. The third kappa shape index (κ3) is 3.67. The predicted molar refractivity (Wildman–Crippen MR) is 63.4 cm³/mol. The van der Waals surface area contributed by atoms with Crippen molar-refractivity contribution >= 4 is 28.3 Å². The zero-order valence-electron chi connectivity index (χ0n) is 7.88. The molecular weight excluding hydrogens is 249 g/mol. The van der Waals surface area contributed by atoms with Crippen molar-refractivity contribution in [2.75, 3.05) is 0 Å². The molecule has 0 amide bonds. The molecule has 0 saturated heterocycles. The average molecular weight is 265 g/mol. The number of nitrogens with two attached hydrogens (primary N) is 1. The highest BCUT2D eigenvalue weighted by molar-refractivity contribution is 9.10. The van der Waals surface area contributed by atoms with Crippen LogP contribution in [0.15, 0.2) is 22.7 Å². The van der Waals surface area contributed by atoms with E-state index in [1.54, 1.807) is 0 Å². The third-order valence-electron chi connectivity index (χ3n) is 1.88. The van der Waals surface area contributed by atoms with Gasteiger partial charge in [0.15, 0.2) is 0 Å². The minimum Gasteiger partial charge on any atom is -0.326 e. The van der Waals surface area contributed by atoms with Crippen molar-refractivity contribution in [3.8, 4) is 0 Å². The molecule has 1 rings (SSSR count). The van der Waals surface area contributed by atoms with E-state index >= 15 is 0 Å². The molecule has 0 aliphatic carbocycles. The summed E-state index contributed by atoms with van der Waals surface area (Å²) >= 11 is 3.47. The molecule has 0 aliphatic heterocycles. The highest BCUT2D eigenvalue weighted by Crippen LogP contribution is 2.21. The van der Waals surface area contributed by atoms with E-state index in [2.05, 4.69) is 48.0 Å². The highest BCUT2D eigenvalue weighted by atomic mass is 79.9. The van der Waals surface area contributed by atoms with Crippen LogP contribution < -0.4 is 5.73 Å². The standard InChI is InChI=1S/C10H14BrN.ClH/c1-7(2)9-3-8(6-12)4-10(11)5-9;/h3-5,7H,6,12H2,1-2H3;1H. The van der Waals surface area contributed by atoms with Crippen LogP contribution in [0.5, 0.6) is 0 Å². The highest BCUT2D eigenvalue weighted by Gasteiger charge is 2.01. The van der Waals surface area contributed by atoms with Gasteiger partial charge in [-0.2, -0.15) is 0 Å². The van der Waals surface area contributed by atoms with E-state index in [0.29, 0.717) is 12.5 Å². The molecule has 0 bridgehead atoms. The summed E-state index contributed by atoms with van der Waals surface area (Å²) in [5, 5.41) is 0. The second-order valence-electron chi connectivity index (χ2n) is 3.25. The fourth-order valence-corrected chi connectivity index (χ4v) is 1.68. The number of rotatable bonds is 2. The normalized spacial score (nSPS) is 9.92. The van der Waals surface area contributed by atoms with Gasteiger partial charge in [-0.15, -0.1) is 12.4 Å². The Balaban J connectivity index is 0.00000144. The number of benzene rings is 1. The molecule has 0 aliphatic rings. The molecule has 13 heavy (non-hydrogen) atoms. The van der Waals surface area contributed by atoms with Gasteiger partial charge >= 0.3 is 0 Å². The maximum Gasteiger partial charge on any atom is 0.0181 e. The van der Waals surface area contributed by atoms with Gasteiger partial charge in [0.05, 0.1) is 0 Å². The lowest BCUT2D eigenvalue weighted by Gasteiger charge is -2.08. The van der Waals surface area contributed by atoms with Gasteiger partial charge in [0.1, 0.15) is 0 Å². The first-order valence-electron chi connectivity index (χ1n) is 4.13. The Bertz CT molecular complexity index is 274. The second kappa shape index (κ2) is 5.63. The Morgan fingerprint density at radius 1 is 1.31 bits per heavy atom. The van der Waals surface area contributed by atoms with E-state index in [1.165, 1.54) is 11.1 Å². The molecule has 0 unspecified atom stereocenters. The van der Waals surface area contributed by atoms with Gasteiger partial charge in [0, 0.05) is 11.0 Å². The molecule has 0 aromatic heterocycles. The molecule has 3 heteroatoms. The Morgan fingerprint density at radius 2 is 1.92 bits per heavy atom. The van der Waals surface area contributed by atoms with Crippen LogP contribution in [0.2, 0.25) is 0 Å². The maximum absolute atomic E-state index is 5.57. The summed E-state index contributed by atoms with van der Waals surface area (Å²) in [4.78, 5) is 0.